The Morgan fingerprint density at radius 2 is 1.78 bits per heavy atom. The van der Waals surface area contributed by atoms with Crippen molar-refractivity contribution in [1.82, 2.24) is 20.3 Å². The topological polar surface area (TPSA) is 59.8 Å². The summed E-state index contributed by atoms with van der Waals surface area (Å²) in [6, 6.07) is 15.4. The van der Waals surface area contributed by atoms with Crippen LogP contribution in [0.3, 0.4) is 0 Å². The zero-order valence-corrected chi connectivity index (χ0v) is 12.5. The van der Waals surface area contributed by atoms with Gasteiger partial charge in [0.15, 0.2) is 5.69 Å². The molecule has 0 aliphatic rings. The maximum absolute atomic E-state index is 12.9. The molecule has 1 amide bonds. The van der Waals surface area contributed by atoms with Gasteiger partial charge in [-0.15, -0.1) is 5.10 Å². The molecule has 0 aliphatic heterocycles. The van der Waals surface area contributed by atoms with Crippen LogP contribution in [0.15, 0.2) is 54.6 Å². The lowest BCUT2D eigenvalue weighted by molar-refractivity contribution is 0.0945. The fourth-order valence-corrected chi connectivity index (χ4v) is 2.13. The zero-order valence-electron chi connectivity index (χ0n) is 12.5. The fraction of sp³-hybridized carbons (Fsp3) is 0.118. The van der Waals surface area contributed by atoms with Crippen LogP contribution in [0.5, 0.6) is 0 Å². The fourth-order valence-electron chi connectivity index (χ4n) is 2.13. The van der Waals surface area contributed by atoms with Crippen molar-refractivity contribution in [1.29, 1.82) is 0 Å². The van der Waals surface area contributed by atoms with Crippen molar-refractivity contribution in [3.8, 4) is 5.69 Å². The Balaban J connectivity index is 1.72. The quantitative estimate of drug-likeness (QED) is 0.806. The normalized spacial score (nSPS) is 10.5. The summed E-state index contributed by atoms with van der Waals surface area (Å²) in [4.78, 5) is 13.7. The predicted molar refractivity (Wildman–Crippen MR) is 83.7 cm³/mol. The van der Waals surface area contributed by atoms with Gasteiger partial charge >= 0.3 is 0 Å². The highest BCUT2D eigenvalue weighted by molar-refractivity contribution is 5.93. The summed E-state index contributed by atoms with van der Waals surface area (Å²) in [5.74, 6) is -0.615. The number of nitrogens with one attached hydrogen (secondary N) is 1. The highest BCUT2D eigenvalue weighted by atomic mass is 19.1. The van der Waals surface area contributed by atoms with Gasteiger partial charge in [-0.1, -0.05) is 30.3 Å². The van der Waals surface area contributed by atoms with E-state index in [1.54, 1.807) is 19.1 Å². The molecule has 3 aromatic rings. The van der Waals surface area contributed by atoms with E-state index in [1.807, 2.05) is 30.3 Å². The van der Waals surface area contributed by atoms with Crippen molar-refractivity contribution in [2.24, 2.45) is 0 Å². The van der Waals surface area contributed by atoms with Crippen LogP contribution < -0.4 is 5.32 Å². The molecular weight excluding hydrogens is 295 g/mol. The first-order valence-electron chi connectivity index (χ1n) is 7.15. The van der Waals surface area contributed by atoms with E-state index in [-0.39, 0.29) is 17.4 Å². The number of carbonyl (C=O) groups is 1. The number of hydrogen-bond donors (Lipinski definition) is 1. The van der Waals surface area contributed by atoms with E-state index >= 15 is 0 Å². The van der Waals surface area contributed by atoms with Crippen LogP contribution in [-0.4, -0.2) is 20.9 Å². The maximum Gasteiger partial charge on any atom is 0.274 e. The van der Waals surface area contributed by atoms with Gasteiger partial charge in [-0.05, 0) is 36.8 Å². The molecule has 0 atom stereocenters. The Kier molecular flexibility index (Phi) is 4.14. The molecule has 2 aromatic carbocycles. The number of benzene rings is 2. The first kappa shape index (κ1) is 14.9. The summed E-state index contributed by atoms with van der Waals surface area (Å²) in [5.41, 5.74) is 2.42. The summed E-state index contributed by atoms with van der Waals surface area (Å²) in [5, 5.41) is 11.3. The Bertz CT molecular complexity index is 812. The Morgan fingerprint density at radius 1 is 1.09 bits per heavy atom. The minimum absolute atomic E-state index is 0.274. The molecule has 23 heavy (non-hydrogen) atoms. The van der Waals surface area contributed by atoms with Crippen LogP contribution in [0.1, 0.15) is 21.7 Å². The van der Waals surface area contributed by atoms with E-state index < -0.39 is 0 Å². The summed E-state index contributed by atoms with van der Waals surface area (Å²) < 4.78 is 12.9. The van der Waals surface area contributed by atoms with Gasteiger partial charge in [-0.2, -0.15) is 9.90 Å². The molecule has 3 rings (SSSR count). The lowest BCUT2D eigenvalue weighted by Gasteiger charge is -2.03. The first-order chi connectivity index (χ1) is 11.1. The SMILES string of the molecule is Cc1nn(-c2ccccc2)nc1C(=O)NCc1ccc(F)cc1. The molecule has 5 nitrogen and oxygen atoms in total. The molecule has 116 valence electrons. The number of rotatable bonds is 4. The lowest BCUT2D eigenvalue weighted by Crippen LogP contribution is -2.24. The molecule has 0 radical (unpaired) electrons. The van der Waals surface area contributed by atoms with E-state index in [0.29, 0.717) is 12.2 Å². The molecule has 1 heterocycles. The van der Waals surface area contributed by atoms with Gasteiger partial charge in [0.25, 0.3) is 5.91 Å². The number of nitrogens with zero attached hydrogens (tertiary/aromatic N) is 3. The number of hydrogen-bond acceptors (Lipinski definition) is 3. The van der Waals surface area contributed by atoms with Crippen molar-refractivity contribution in [2.45, 2.75) is 13.5 Å². The number of aromatic nitrogens is 3. The van der Waals surface area contributed by atoms with Gasteiger partial charge in [-0.25, -0.2) is 4.39 Å². The highest BCUT2D eigenvalue weighted by Crippen LogP contribution is 2.08. The molecule has 1 N–H and O–H groups in total. The molecule has 0 spiro atoms. The van der Waals surface area contributed by atoms with Gasteiger partial charge in [0.2, 0.25) is 0 Å². The number of halogens is 1. The van der Waals surface area contributed by atoms with Crippen LogP contribution in [0.4, 0.5) is 4.39 Å². The predicted octanol–water partition coefficient (Wildman–Crippen LogP) is 2.64. The van der Waals surface area contributed by atoms with Crippen LogP contribution in [0, 0.1) is 12.7 Å². The average Bonchev–Trinajstić information content (AvgIpc) is 2.97. The molecule has 1 aromatic heterocycles. The second-order valence-corrected chi connectivity index (χ2v) is 5.07. The maximum atomic E-state index is 12.9. The van der Waals surface area contributed by atoms with Gasteiger partial charge in [-0.3, -0.25) is 4.79 Å². The van der Waals surface area contributed by atoms with Crippen LogP contribution in [0.25, 0.3) is 5.69 Å². The van der Waals surface area contributed by atoms with E-state index in [4.69, 9.17) is 0 Å². The van der Waals surface area contributed by atoms with Crippen molar-refractivity contribution < 1.29 is 9.18 Å². The smallest absolute Gasteiger partial charge is 0.274 e. The standard InChI is InChI=1S/C17H15FN4O/c1-12-16(21-22(20-12)15-5-3-2-4-6-15)17(23)19-11-13-7-9-14(18)10-8-13/h2-10H,11H2,1H3,(H,19,23). The minimum atomic E-state index is -0.311. The van der Waals surface area contributed by atoms with Crippen molar-refractivity contribution >= 4 is 5.91 Å². The molecule has 0 saturated heterocycles. The van der Waals surface area contributed by atoms with Crippen LogP contribution in [0.2, 0.25) is 0 Å². The third-order valence-electron chi connectivity index (χ3n) is 3.35. The Labute approximate surface area is 132 Å². The van der Waals surface area contributed by atoms with E-state index in [9.17, 15) is 9.18 Å². The molecule has 0 saturated carbocycles. The summed E-state index contributed by atoms with van der Waals surface area (Å²) in [6.45, 7) is 2.04. The monoisotopic (exact) mass is 310 g/mol. The molecule has 0 fully saturated rings. The lowest BCUT2D eigenvalue weighted by atomic mass is 10.2. The minimum Gasteiger partial charge on any atom is -0.347 e. The molecular formula is C17H15FN4O. The van der Waals surface area contributed by atoms with Gasteiger partial charge in [0.1, 0.15) is 5.82 Å². The summed E-state index contributed by atoms with van der Waals surface area (Å²) >= 11 is 0. The van der Waals surface area contributed by atoms with E-state index in [2.05, 4.69) is 15.5 Å². The average molecular weight is 310 g/mol. The van der Waals surface area contributed by atoms with Gasteiger partial charge in [0, 0.05) is 6.54 Å². The molecule has 0 bridgehead atoms. The number of amides is 1. The molecule has 6 heteroatoms. The van der Waals surface area contributed by atoms with Gasteiger partial charge < -0.3 is 5.32 Å². The second kappa shape index (κ2) is 6.39. The Morgan fingerprint density at radius 3 is 2.48 bits per heavy atom. The number of carbonyl (C=O) groups excluding carboxylic acids is 1. The van der Waals surface area contributed by atoms with Crippen molar-refractivity contribution in [3.63, 3.8) is 0 Å². The van der Waals surface area contributed by atoms with Crippen molar-refractivity contribution in [2.75, 3.05) is 0 Å². The van der Waals surface area contributed by atoms with Gasteiger partial charge in [0.05, 0.1) is 11.4 Å². The number of para-hydroxylation sites is 1. The largest absolute Gasteiger partial charge is 0.347 e. The van der Waals surface area contributed by atoms with Crippen molar-refractivity contribution in [3.05, 3.63) is 77.4 Å². The summed E-state index contributed by atoms with van der Waals surface area (Å²) in [6.07, 6.45) is 0. The molecule has 0 aliphatic carbocycles. The summed E-state index contributed by atoms with van der Waals surface area (Å²) in [7, 11) is 0. The third-order valence-corrected chi connectivity index (χ3v) is 3.35. The number of aryl methyl sites for hydroxylation is 1. The first-order valence-corrected chi connectivity index (χ1v) is 7.15. The highest BCUT2D eigenvalue weighted by Gasteiger charge is 2.16. The van der Waals surface area contributed by atoms with Crippen LogP contribution >= 0.6 is 0 Å². The van der Waals surface area contributed by atoms with Crippen LogP contribution in [-0.2, 0) is 6.54 Å². The second-order valence-electron chi connectivity index (χ2n) is 5.07. The molecule has 0 unspecified atom stereocenters. The zero-order chi connectivity index (χ0) is 16.2. The Hall–Kier alpha value is -3.02. The third kappa shape index (κ3) is 3.42. The van der Waals surface area contributed by atoms with E-state index in [0.717, 1.165) is 11.3 Å². The van der Waals surface area contributed by atoms with E-state index in [1.165, 1.54) is 16.9 Å².